The first-order chi connectivity index (χ1) is 16.5. The Morgan fingerprint density at radius 1 is 1.06 bits per heavy atom. The fourth-order valence-electron chi connectivity index (χ4n) is 3.40. The van der Waals surface area contributed by atoms with Crippen molar-refractivity contribution in [3.63, 3.8) is 0 Å². The highest BCUT2D eigenvalue weighted by Crippen LogP contribution is 2.38. The van der Waals surface area contributed by atoms with Gasteiger partial charge in [-0.3, -0.25) is 14.5 Å². The van der Waals surface area contributed by atoms with Crippen LogP contribution in [0.3, 0.4) is 0 Å². The number of anilines is 2. The van der Waals surface area contributed by atoms with Crippen LogP contribution < -0.4 is 19.7 Å². The number of nitrogens with one attached hydrogen (secondary N) is 1. The van der Waals surface area contributed by atoms with E-state index < -0.39 is 0 Å². The smallest absolute Gasteiger partial charge is 0.270 e. The van der Waals surface area contributed by atoms with Gasteiger partial charge in [-0.15, -0.1) is 0 Å². The first-order valence-electron chi connectivity index (χ1n) is 10.5. The number of rotatable bonds is 7. The van der Waals surface area contributed by atoms with Crippen LogP contribution in [0.25, 0.3) is 6.08 Å². The van der Waals surface area contributed by atoms with Crippen molar-refractivity contribution in [2.75, 3.05) is 23.9 Å². The van der Waals surface area contributed by atoms with Crippen molar-refractivity contribution < 1.29 is 19.1 Å². The second-order valence-electron chi connectivity index (χ2n) is 7.42. The number of para-hydroxylation sites is 2. The maximum absolute atomic E-state index is 13.1. The predicted octanol–water partition coefficient (Wildman–Crippen LogP) is 5.43. The molecule has 4 rings (SSSR count). The molecule has 172 valence electrons. The summed E-state index contributed by atoms with van der Waals surface area (Å²) in [5, 5.41) is 2.77. The summed E-state index contributed by atoms with van der Waals surface area (Å²) in [7, 11) is 1.52. The molecule has 0 aromatic heterocycles. The van der Waals surface area contributed by atoms with E-state index in [-0.39, 0.29) is 18.4 Å². The maximum atomic E-state index is 13.1. The molecule has 6 nitrogen and oxygen atoms in total. The second kappa shape index (κ2) is 10.5. The number of carbonyl (C=O) groups excluding carboxylic acids is 2. The second-order valence-corrected chi connectivity index (χ2v) is 9.09. The number of aryl methyl sites for hydroxylation is 1. The van der Waals surface area contributed by atoms with Gasteiger partial charge in [0.05, 0.1) is 17.7 Å². The van der Waals surface area contributed by atoms with Gasteiger partial charge < -0.3 is 14.8 Å². The van der Waals surface area contributed by atoms with Gasteiger partial charge in [-0.1, -0.05) is 66.4 Å². The van der Waals surface area contributed by atoms with Crippen LogP contribution in [0.5, 0.6) is 11.5 Å². The van der Waals surface area contributed by atoms with Crippen molar-refractivity contribution in [1.82, 2.24) is 0 Å². The van der Waals surface area contributed by atoms with Crippen LogP contribution in [0.15, 0.2) is 77.7 Å². The Hall–Kier alpha value is -3.62. The lowest BCUT2D eigenvalue weighted by Gasteiger charge is -2.16. The number of nitrogens with zero attached hydrogens (tertiary/aromatic N) is 1. The van der Waals surface area contributed by atoms with Gasteiger partial charge in [0, 0.05) is 5.69 Å². The molecule has 1 saturated heterocycles. The number of thiocarbonyl (C=S) groups is 1. The lowest BCUT2D eigenvalue weighted by molar-refractivity contribution is -0.118. The molecule has 0 aliphatic carbocycles. The number of benzene rings is 3. The average Bonchev–Trinajstić information content (AvgIpc) is 3.11. The van der Waals surface area contributed by atoms with Crippen LogP contribution in [0, 0.1) is 6.92 Å². The van der Waals surface area contributed by atoms with Crippen LogP contribution in [-0.4, -0.2) is 29.9 Å². The maximum Gasteiger partial charge on any atom is 0.270 e. The van der Waals surface area contributed by atoms with E-state index >= 15 is 0 Å². The highest BCUT2D eigenvalue weighted by molar-refractivity contribution is 8.27. The number of hydrogen-bond donors (Lipinski definition) is 1. The van der Waals surface area contributed by atoms with Crippen molar-refractivity contribution in [3.05, 3.63) is 88.8 Å². The molecule has 2 amide bonds. The average molecular weight is 491 g/mol. The van der Waals surface area contributed by atoms with Crippen molar-refractivity contribution in [2.24, 2.45) is 0 Å². The van der Waals surface area contributed by atoms with Gasteiger partial charge in [0.25, 0.3) is 11.8 Å². The van der Waals surface area contributed by atoms with Crippen LogP contribution in [-0.2, 0) is 9.59 Å². The lowest BCUT2D eigenvalue weighted by Crippen LogP contribution is -2.28. The minimum atomic E-state index is -0.280. The first-order valence-corrected chi connectivity index (χ1v) is 11.7. The minimum absolute atomic E-state index is 0.166. The molecule has 3 aromatic rings. The molecule has 0 unspecified atom stereocenters. The van der Waals surface area contributed by atoms with Gasteiger partial charge in [0.1, 0.15) is 0 Å². The summed E-state index contributed by atoms with van der Waals surface area (Å²) in [6, 6.07) is 22.1. The molecule has 8 heteroatoms. The monoisotopic (exact) mass is 490 g/mol. The van der Waals surface area contributed by atoms with E-state index in [0.29, 0.717) is 26.4 Å². The highest BCUT2D eigenvalue weighted by atomic mass is 32.2. The molecule has 1 aliphatic rings. The third-order valence-corrected chi connectivity index (χ3v) is 6.35. The number of amides is 2. The predicted molar refractivity (Wildman–Crippen MR) is 140 cm³/mol. The quantitative estimate of drug-likeness (QED) is 0.352. The Morgan fingerprint density at radius 2 is 1.79 bits per heavy atom. The molecule has 3 aromatic carbocycles. The van der Waals surface area contributed by atoms with E-state index in [1.807, 2.05) is 49.4 Å². The fourth-order valence-corrected chi connectivity index (χ4v) is 4.68. The largest absolute Gasteiger partial charge is 0.493 e. The van der Waals surface area contributed by atoms with E-state index in [9.17, 15) is 9.59 Å². The highest BCUT2D eigenvalue weighted by Gasteiger charge is 2.34. The lowest BCUT2D eigenvalue weighted by atomic mass is 10.1. The Morgan fingerprint density at radius 3 is 2.53 bits per heavy atom. The normalized spacial score (nSPS) is 14.4. The Bertz CT molecular complexity index is 1270. The molecule has 0 spiro atoms. The molecule has 1 heterocycles. The zero-order valence-corrected chi connectivity index (χ0v) is 20.2. The Labute approximate surface area is 207 Å². The summed E-state index contributed by atoms with van der Waals surface area (Å²) in [6.45, 7) is 1.78. The molecular weight excluding hydrogens is 468 g/mol. The number of methoxy groups -OCH3 is 1. The van der Waals surface area contributed by atoms with Crippen molar-refractivity contribution in [2.45, 2.75) is 6.92 Å². The molecule has 0 saturated carbocycles. The minimum Gasteiger partial charge on any atom is -0.493 e. The third-order valence-electron chi connectivity index (χ3n) is 5.05. The van der Waals surface area contributed by atoms with E-state index in [0.717, 1.165) is 16.8 Å². The van der Waals surface area contributed by atoms with E-state index in [2.05, 4.69) is 5.32 Å². The van der Waals surface area contributed by atoms with Crippen LogP contribution in [0.2, 0.25) is 0 Å². The molecule has 1 fully saturated rings. The van der Waals surface area contributed by atoms with Crippen molar-refractivity contribution in [1.29, 1.82) is 0 Å². The van der Waals surface area contributed by atoms with Crippen LogP contribution in [0.1, 0.15) is 11.1 Å². The van der Waals surface area contributed by atoms with E-state index in [1.165, 1.54) is 18.9 Å². The topological polar surface area (TPSA) is 67.9 Å². The molecule has 1 N–H and O–H groups in total. The summed E-state index contributed by atoms with van der Waals surface area (Å²) in [5.74, 6) is 0.435. The SMILES string of the molecule is COc1cc(/C=C2\SC(=S)N(c3ccccc3C)C2=O)ccc1OCC(=O)Nc1ccccc1. The Kier molecular flexibility index (Phi) is 7.30. The molecule has 0 radical (unpaired) electrons. The zero-order chi connectivity index (χ0) is 24.1. The van der Waals surface area contributed by atoms with Gasteiger partial charge in [0.15, 0.2) is 22.4 Å². The molecule has 0 bridgehead atoms. The third kappa shape index (κ3) is 5.30. The molecule has 0 atom stereocenters. The summed E-state index contributed by atoms with van der Waals surface area (Å²) >= 11 is 6.73. The van der Waals surface area contributed by atoms with Crippen LogP contribution >= 0.6 is 24.0 Å². The van der Waals surface area contributed by atoms with Crippen LogP contribution in [0.4, 0.5) is 11.4 Å². The fraction of sp³-hybridized carbons (Fsp3) is 0.115. The van der Waals surface area contributed by atoms with Gasteiger partial charge in [-0.2, -0.15) is 0 Å². The molecular formula is C26H22N2O4S2. The van der Waals surface area contributed by atoms with Crippen molar-refractivity contribution in [3.8, 4) is 11.5 Å². The summed E-state index contributed by atoms with van der Waals surface area (Å²) in [4.78, 5) is 27.3. The summed E-state index contributed by atoms with van der Waals surface area (Å²) in [5.41, 5.74) is 3.20. The summed E-state index contributed by atoms with van der Waals surface area (Å²) in [6.07, 6.45) is 1.77. The molecule has 34 heavy (non-hydrogen) atoms. The number of hydrogen-bond acceptors (Lipinski definition) is 6. The zero-order valence-electron chi connectivity index (χ0n) is 18.6. The first kappa shape index (κ1) is 23.5. The van der Waals surface area contributed by atoms with E-state index in [4.69, 9.17) is 21.7 Å². The number of ether oxygens (including phenoxy) is 2. The van der Waals surface area contributed by atoms with Gasteiger partial charge in [0.2, 0.25) is 0 Å². The number of carbonyl (C=O) groups is 2. The van der Waals surface area contributed by atoms with Gasteiger partial charge in [-0.25, -0.2) is 0 Å². The Balaban J connectivity index is 1.47. The standard InChI is InChI=1S/C26H22N2O4S2/c1-17-8-6-7-11-20(17)28-25(30)23(34-26(28)33)15-18-12-13-21(22(14-18)31-2)32-16-24(29)27-19-9-4-3-5-10-19/h3-15H,16H2,1-2H3,(H,27,29)/b23-15-. The van der Waals surface area contributed by atoms with Gasteiger partial charge in [-0.05, 0) is 54.5 Å². The van der Waals surface area contributed by atoms with Crippen molar-refractivity contribution >= 4 is 57.6 Å². The number of thioether (sulfide) groups is 1. The van der Waals surface area contributed by atoms with Gasteiger partial charge >= 0.3 is 0 Å². The summed E-state index contributed by atoms with van der Waals surface area (Å²) < 4.78 is 11.6. The van der Waals surface area contributed by atoms with E-state index in [1.54, 1.807) is 41.3 Å². The molecule has 1 aliphatic heterocycles.